The van der Waals surface area contributed by atoms with E-state index in [1.165, 1.54) is 0 Å². The SMILES string of the molecule is COCNc1ccc(C)c(Cl)c1. The molecule has 0 aliphatic carbocycles. The summed E-state index contributed by atoms with van der Waals surface area (Å²) in [6, 6.07) is 5.83. The number of methoxy groups -OCH3 is 1. The Balaban J connectivity index is 2.69. The zero-order chi connectivity index (χ0) is 8.97. The average molecular weight is 186 g/mol. The number of ether oxygens (including phenoxy) is 1. The van der Waals surface area contributed by atoms with Gasteiger partial charge in [-0.3, -0.25) is 0 Å². The van der Waals surface area contributed by atoms with Crippen molar-refractivity contribution in [3.8, 4) is 0 Å². The largest absolute Gasteiger partial charge is 0.365 e. The van der Waals surface area contributed by atoms with Crippen molar-refractivity contribution in [2.24, 2.45) is 0 Å². The molecule has 0 heterocycles. The lowest BCUT2D eigenvalue weighted by Crippen LogP contribution is -2.02. The first-order chi connectivity index (χ1) is 5.74. The second kappa shape index (κ2) is 4.33. The zero-order valence-corrected chi connectivity index (χ0v) is 7.98. The van der Waals surface area contributed by atoms with Crippen LogP contribution in [-0.4, -0.2) is 13.8 Å². The van der Waals surface area contributed by atoms with Gasteiger partial charge in [-0.15, -0.1) is 0 Å². The Morgan fingerprint density at radius 2 is 2.25 bits per heavy atom. The van der Waals surface area contributed by atoms with Crippen molar-refractivity contribution in [3.05, 3.63) is 28.8 Å². The van der Waals surface area contributed by atoms with Crippen LogP contribution in [0.5, 0.6) is 0 Å². The maximum absolute atomic E-state index is 5.91. The van der Waals surface area contributed by atoms with Gasteiger partial charge in [-0.25, -0.2) is 0 Å². The summed E-state index contributed by atoms with van der Waals surface area (Å²) in [5.74, 6) is 0. The number of nitrogens with one attached hydrogen (secondary N) is 1. The molecule has 66 valence electrons. The van der Waals surface area contributed by atoms with Crippen molar-refractivity contribution in [2.45, 2.75) is 6.92 Å². The highest BCUT2D eigenvalue weighted by atomic mass is 35.5. The van der Waals surface area contributed by atoms with Crippen LogP contribution in [0, 0.1) is 6.92 Å². The summed E-state index contributed by atoms with van der Waals surface area (Å²) in [5, 5.41) is 3.83. The van der Waals surface area contributed by atoms with Crippen LogP contribution in [0.25, 0.3) is 0 Å². The molecule has 0 radical (unpaired) electrons. The lowest BCUT2D eigenvalue weighted by atomic mass is 10.2. The Labute approximate surface area is 77.5 Å². The summed E-state index contributed by atoms with van der Waals surface area (Å²) in [4.78, 5) is 0. The van der Waals surface area contributed by atoms with Crippen molar-refractivity contribution in [1.82, 2.24) is 0 Å². The van der Waals surface area contributed by atoms with Gasteiger partial charge in [-0.1, -0.05) is 17.7 Å². The number of benzene rings is 1. The Morgan fingerprint density at radius 1 is 1.50 bits per heavy atom. The second-order valence-electron chi connectivity index (χ2n) is 2.57. The van der Waals surface area contributed by atoms with Gasteiger partial charge in [-0.2, -0.15) is 0 Å². The van der Waals surface area contributed by atoms with Crippen molar-refractivity contribution < 1.29 is 4.74 Å². The van der Waals surface area contributed by atoms with Crippen molar-refractivity contribution in [3.63, 3.8) is 0 Å². The lowest BCUT2D eigenvalue weighted by molar-refractivity contribution is 0.221. The van der Waals surface area contributed by atoms with E-state index in [9.17, 15) is 0 Å². The number of hydrogen-bond acceptors (Lipinski definition) is 2. The third-order valence-corrected chi connectivity index (χ3v) is 2.00. The molecular weight excluding hydrogens is 174 g/mol. The Bertz CT molecular complexity index is 263. The first-order valence-corrected chi connectivity index (χ1v) is 4.11. The van der Waals surface area contributed by atoms with E-state index < -0.39 is 0 Å². The van der Waals surface area contributed by atoms with Crippen molar-refractivity contribution in [1.29, 1.82) is 0 Å². The molecule has 0 aliphatic rings. The van der Waals surface area contributed by atoms with Gasteiger partial charge in [0.15, 0.2) is 0 Å². The summed E-state index contributed by atoms with van der Waals surface area (Å²) in [6.45, 7) is 2.47. The van der Waals surface area contributed by atoms with Crippen LogP contribution in [-0.2, 0) is 4.74 Å². The highest BCUT2D eigenvalue weighted by molar-refractivity contribution is 6.31. The Kier molecular flexibility index (Phi) is 3.38. The van der Waals surface area contributed by atoms with E-state index in [1.807, 2.05) is 25.1 Å². The fourth-order valence-electron chi connectivity index (χ4n) is 0.858. The quantitative estimate of drug-likeness (QED) is 0.732. The standard InChI is InChI=1S/C9H12ClNO/c1-7-3-4-8(5-9(7)10)11-6-12-2/h3-5,11H,6H2,1-2H3. The van der Waals surface area contributed by atoms with Crippen LogP contribution >= 0.6 is 11.6 Å². The summed E-state index contributed by atoms with van der Waals surface area (Å²) in [5.41, 5.74) is 2.06. The fraction of sp³-hybridized carbons (Fsp3) is 0.333. The highest BCUT2D eigenvalue weighted by Gasteiger charge is 1.95. The minimum atomic E-state index is 0.499. The fourth-order valence-corrected chi connectivity index (χ4v) is 1.04. The molecule has 0 unspecified atom stereocenters. The number of aryl methyl sites for hydroxylation is 1. The molecule has 0 aromatic heterocycles. The number of rotatable bonds is 3. The molecule has 0 fully saturated rings. The third-order valence-electron chi connectivity index (χ3n) is 1.59. The molecule has 0 bridgehead atoms. The van der Waals surface area contributed by atoms with Crippen molar-refractivity contribution in [2.75, 3.05) is 19.2 Å². The Morgan fingerprint density at radius 3 is 2.83 bits per heavy atom. The topological polar surface area (TPSA) is 21.3 Å². The molecule has 1 N–H and O–H groups in total. The Hall–Kier alpha value is -0.730. The van der Waals surface area contributed by atoms with E-state index >= 15 is 0 Å². The predicted molar refractivity (Wildman–Crippen MR) is 51.7 cm³/mol. The van der Waals surface area contributed by atoms with E-state index in [2.05, 4.69) is 5.32 Å². The van der Waals surface area contributed by atoms with E-state index in [0.717, 1.165) is 16.3 Å². The minimum absolute atomic E-state index is 0.499. The van der Waals surface area contributed by atoms with Crippen LogP contribution in [0.3, 0.4) is 0 Å². The summed E-state index contributed by atoms with van der Waals surface area (Å²) < 4.78 is 4.86. The minimum Gasteiger partial charge on any atom is -0.365 e. The summed E-state index contributed by atoms with van der Waals surface area (Å²) >= 11 is 5.91. The molecule has 0 amide bonds. The molecule has 1 aromatic rings. The number of hydrogen-bond donors (Lipinski definition) is 1. The maximum atomic E-state index is 5.91. The van der Waals surface area contributed by atoms with Gasteiger partial charge in [0.2, 0.25) is 0 Å². The van der Waals surface area contributed by atoms with Crippen LogP contribution in [0.15, 0.2) is 18.2 Å². The number of halogens is 1. The highest BCUT2D eigenvalue weighted by Crippen LogP contribution is 2.19. The van der Waals surface area contributed by atoms with E-state index in [1.54, 1.807) is 7.11 Å². The third kappa shape index (κ3) is 2.40. The lowest BCUT2D eigenvalue weighted by Gasteiger charge is -2.05. The van der Waals surface area contributed by atoms with E-state index in [0.29, 0.717) is 6.73 Å². The normalized spacial score (nSPS) is 9.92. The van der Waals surface area contributed by atoms with E-state index in [4.69, 9.17) is 16.3 Å². The van der Waals surface area contributed by atoms with Gasteiger partial charge in [0.25, 0.3) is 0 Å². The van der Waals surface area contributed by atoms with Crippen LogP contribution in [0.4, 0.5) is 5.69 Å². The van der Waals surface area contributed by atoms with Crippen LogP contribution in [0.1, 0.15) is 5.56 Å². The molecule has 1 rings (SSSR count). The second-order valence-corrected chi connectivity index (χ2v) is 2.98. The summed E-state index contributed by atoms with van der Waals surface area (Å²) in [7, 11) is 1.64. The smallest absolute Gasteiger partial charge is 0.116 e. The molecule has 0 atom stereocenters. The van der Waals surface area contributed by atoms with Crippen molar-refractivity contribution >= 4 is 17.3 Å². The van der Waals surface area contributed by atoms with Crippen LogP contribution < -0.4 is 5.32 Å². The van der Waals surface area contributed by atoms with Gasteiger partial charge >= 0.3 is 0 Å². The molecule has 0 aliphatic heterocycles. The molecule has 3 heteroatoms. The average Bonchev–Trinajstić information content (AvgIpc) is 2.07. The van der Waals surface area contributed by atoms with Gasteiger partial charge in [0.1, 0.15) is 6.73 Å². The number of anilines is 1. The zero-order valence-electron chi connectivity index (χ0n) is 7.23. The molecule has 0 saturated carbocycles. The maximum Gasteiger partial charge on any atom is 0.116 e. The van der Waals surface area contributed by atoms with E-state index in [-0.39, 0.29) is 0 Å². The van der Waals surface area contributed by atoms with Crippen LogP contribution in [0.2, 0.25) is 5.02 Å². The summed E-state index contributed by atoms with van der Waals surface area (Å²) in [6.07, 6.45) is 0. The molecule has 2 nitrogen and oxygen atoms in total. The first kappa shape index (κ1) is 9.36. The molecule has 0 spiro atoms. The predicted octanol–water partition coefficient (Wildman–Crippen LogP) is 2.66. The monoisotopic (exact) mass is 185 g/mol. The molecule has 1 aromatic carbocycles. The van der Waals surface area contributed by atoms with Gasteiger partial charge in [0.05, 0.1) is 0 Å². The van der Waals surface area contributed by atoms with Gasteiger partial charge in [0, 0.05) is 17.8 Å². The molecule has 12 heavy (non-hydrogen) atoms. The van der Waals surface area contributed by atoms with Gasteiger partial charge in [-0.05, 0) is 24.6 Å². The first-order valence-electron chi connectivity index (χ1n) is 3.73. The molecule has 0 saturated heterocycles. The molecular formula is C9H12ClNO. The van der Waals surface area contributed by atoms with Gasteiger partial charge < -0.3 is 10.1 Å².